The first-order valence-corrected chi connectivity index (χ1v) is 16.1. The molecule has 1 saturated heterocycles. The maximum absolute atomic E-state index is 13.9. The van der Waals surface area contributed by atoms with Crippen LogP contribution >= 0.6 is 0 Å². The molecular formula is C36H54N4O5. The highest BCUT2D eigenvalue weighted by Crippen LogP contribution is 2.51. The Labute approximate surface area is 269 Å². The Bertz CT molecular complexity index is 1410. The summed E-state index contributed by atoms with van der Waals surface area (Å²) in [5.74, 6) is -0.0507. The number of benzene rings is 1. The van der Waals surface area contributed by atoms with Crippen LogP contribution < -0.4 is 15.0 Å². The number of methoxy groups -OCH3 is 1. The number of carboxylic acid groups (broad SMARTS) is 1. The number of nitrogens with zero attached hydrogens (tertiary/aromatic N) is 3. The number of carboxylic acids is 1. The molecule has 1 aliphatic heterocycles. The van der Waals surface area contributed by atoms with Crippen molar-refractivity contribution in [3.8, 4) is 5.75 Å². The average Bonchev–Trinajstić information content (AvgIpc) is 3.30. The third-order valence-electron chi connectivity index (χ3n) is 9.81. The summed E-state index contributed by atoms with van der Waals surface area (Å²) < 4.78 is 11.7. The van der Waals surface area contributed by atoms with Gasteiger partial charge in [-0.15, -0.1) is 0 Å². The normalized spacial score (nSPS) is 23.9. The quantitative estimate of drug-likeness (QED) is 0.336. The summed E-state index contributed by atoms with van der Waals surface area (Å²) in [6.45, 7) is 19.3. The van der Waals surface area contributed by atoms with E-state index in [9.17, 15) is 14.7 Å². The predicted molar refractivity (Wildman–Crippen MR) is 178 cm³/mol. The van der Waals surface area contributed by atoms with Gasteiger partial charge in [0.1, 0.15) is 17.6 Å². The summed E-state index contributed by atoms with van der Waals surface area (Å²) in [5.41, 5.74) is 3.95. The number of rotatable bonds is 8. The number of carbonyl (C=O) groups is 2. The molecule has 1 aromatic carbocycles. The molecule has 0 spiro atoms. The van der Waals surface area contributed by atoms with E-state index >= 15 is 0 Å². The van der Waals surface area contributed by atoms with E-state index in [0.717, 1.165) is 29.7 Å². The molecule has 4 atom stereocenters. The van der Waals surface area contributed by atoms with Crippen LogP contribution in [0, 0.1) is 11.3 Å². The molecule has 0 bridgehead atoms. The van der Waals surface area contributed by atoms with Crippen LogP contribution in [0.25, 0.3) is 0 Å². The molecule has 9 nitrogen and oxygen atoms in total. The first-order chi connectivity index (χ1) is 20.8. The van der Waals surface area contributed by atoms with E-state index in [4.69, 9.17) is 9.47 Å². The van der Waals surface area contributed by atoms with Crippen molar-refractivity contribution in [1.29, 1.82) is 0 Å². The molecule has 2 aliphatic rings. The van der Waals surface area contributed by atoms with E-state index in [1.165, 1.54) is 16.0 Å². The third kappa shape index (κ3) is 6.64. The largest absolute Gasteiger partial charge is 0.496 e. The van der Waals surface area contributed by atoms with Crippen LogP contribution in [0.5, 0.6) is 5.75 Å². The number of anilines is 1. The van der Waals surface area contributed by atoms with Crippen LogP contribution in [0.3, 0.4) is 0 Å². The minimum absolute atomic E-state index is 0.0117. The van der Waals surface area contributed by atoms with Gasteiger partial charge in [-0.05, 0) is 72.3 Å². The number of pyridine rings is 1. The fourth-order valence-corrected chi connectivity index (χ4v) is 7.48. The second kappa shape index (κ2) is 12.5. The predicted octanol–water partition coefficient (Wildman–Crippen LogP) is 6.68. The van der Waals surface area contributed by atoms with E-state index in [2.05, 4.69) is 50.1 Å². The van der Waals surface area contributed by atoms with Crippen LogP contribution in [0.4, 0.5) is 10.6 Å². The molecule has 0 saturated carbocycles. The van der Waals surface area contributed by atoms with Gasteiger partial charge in [0.2, 0.25) is 0 Å². The van der Waals surface area contributed by atoms with Gasteiger partial charge >= 0.3 is 12.1 Å². The Kier molecular flexibility index (Phi) is 9.56. The lowest BCUT2D eigenvalue weighted by atomic mass is 9.63. The van der Waals surface area contributed by atoms with Gasteiger partial charge in [-0.1, -0.05) is 54.5 Å². The summed E-state index contributed by atoms with van der Waals surface area (Å²) in [7, 11) is 5.50. The van der Waals surface area contributed by atoms with Gasteiger partial charge < -0.3 is 24.8 Å². The number of hydrogen-bond donors (Lipinski definition) is 2. The smallest absolute Gasteiger partial charge is 0.411 e. The van der Waals surface area contributed by atoms with Crippen LogP contribution in [-0.2, 0) is 26.9 Å². The Morgan fingerprint density at radius 2 is 1.71 bits per heavy atom. The van der Waals surface area contributed by atoms with Gasteiger partial charge in [0, 0.05) is 49.9 Å². The highest BCUT2D eigenvalue weighted by Gasteiger charge is 2.59. The van der Waals surface area contributed by atoms with Crippen LogP contribution in [0.15, 0.2) is 30.5 Å². The van der Waals surface area contributed by atoms with Crippen molar-refractivity contribution >= 4 is 17.9 Å². The number of amides is 1. The summed E-state index contributed by atoms with van der Waals surface area (Å²) >= 11 is 0. The number of likely N-dealkylation sites (tertiary alicyclic amines) is 1. The summed E-state index contributed by atoms with van der Waals surface area (Å²) in [5, 5.41) is 14.5. The molecule has 1 aromatic heterocycles. The molecule has 0 unspecified atom stereocenters. The van der Waals surface area contributed by atoms with Crippen molar-refractivity contribution in [1.82, 2.24) is 15.2 Å². The molecule has 4 rings (SSSR count). The lowest BCUT2D eigenvalue weighted by Gasteiger charge is -2.42. The van der Waals surface area contributed by atoms with Gasteiger partial charge in [0.15, 0.2) is 0 Å². The van der Waals surface area contributed by atoms with Gasteiger partial charge in [-0.2, -0.15) is 0 Å². The van der Waals surface area contributed by atoms with Crippen molar-refractivity contribution in [2.24, 2.45) is 11.3 Å². The second-order valence-corrected chi connectivity index (χ2v) is 15.7. The molecule has 1 fully saturated rings. The molecule has 45 heavy (non-hydrogen) atoms. The SMILES string of the molecule is COc1cc2c(cc1CN[C@H]1[C@H](C(C)(C)C)[C@@H](C(=O)O)N(C(=O)OC(C)C)[C@H]1c1cccnc1N(C)C)C(C)(C)CCC2(C)C. The Morgan fingerprint density at radius 3 is 2.22 bits per heavy atom. The topological polar surface area (TPSA) is 104 Å². The number of fused-ring (bicyclic) bond motifs is 1. The van der Waals surface area contributed by atoms with Gasteiger partial charge in [0.05, 0.1) is 19.3 Å². The molecule has 0 radical (unpaired) electrons. The first-order valence-electron chi connectivity index (χ1n) is 16.1. The number of carbonyl (C=O) groups excluding carboxylic acids is 1. The zero-order chi connectivity index (χ0) is 33.6. The summed E-state index contributed by atoms with van der Waals surface area (Å²) in [6.07, 6.45) is 2.84. The van der Waals surface area contributed by atoms with Crippen LogP contribution in [0.1, 0.15) is 103 Å². The van der Waals surface area contributed by atoms with Crippen molar-refractivity contribution < 1.29 is 24.2 Å². The molecule has 1 amide bonds. The maximum atomic E-state index is 13.9. The minimum Gasteiger partial charge on any atom is -0.496 e. The fraction of sp³-hybridized carbons (Fsp3) is 0.639. The van der Waals surface area contributed by atoms with Crippen LogP contribution in [-0.4, -0.2) is 66.4 Å². The number of ether oxygens (including phenoxy) is 2. The molecule has 1 aliphatic carbocycles. The molecule has 9 heteroatoms. The highest BCUT2D eigenvalue weighted by atomic mass is 16.6. The number of hydrogen-bond acceptors (Lipinski definition) is 7. The lowest BCUT2D eigenvalue weighted by Crippen LogP contribution is -2.48. The van der Waals surface area contributed by atoms with E-state index in [0.29, 0.717) is 12.4 Å². The standard InChI is InChI=1S/C36H54N4O5/c1-21(2)45-33(43)40-29(23-14-13-17-37-31(23)39(10)11)28(27(34(3,4)5)30(40)32(41)42)38-20-22-18-24-25(19-26(22)44-12)36(8,9)16-15-35(24,6)7/h13-14,17-19,21,27-30,38H,15-16,20H2,1-12H3,(H,41,42)/t27-,28-,29-,30-/m0/s1. The van der Waals surface area contributed by atoms with E-state index in [1.807, 2.05) is 51.9 Å². The molecule has 2 N–H and O–H groups in total. The minimum atomic E-state index is -1.13. The van der Waals surface area contributed by atoms with Crippen molar-refractivity contribution in [3.05, 3.63) is 52.7 Å². The average molecular weight is 623 g/mol. The molecule has 248 valence electrons. The maximum Gasteiger partial charge on any atom is 0.411 e. The number of aliphatic carboxylic acids is 1. The molecular weight excluding hydrogens is 568 g/mol. The second-order valence-electron chi connectivity index (χ2n) is 15.7. The van der Waals surface area contributed by atoms with Gasteiger partial charge in [0.25, 0.3) is 0 Å². The van der Waals surface area contributed by atoms with Crippen molar-refractivity contribution in [2.45, 2.75) is 117 Å². The molecule has 2 heterocycles. The lowest BCUT2D eigenvalue weighted by molar-refractivity contribution is -0.144. The zero-order valence-electron chi connectivity index (χ0n) is 29.3. The zero-order valence-corrected chi connectivity index (χ0v) is 29.3. The highest BCUT2D eigenvalue weighted by molar-refractivity contribution is 5.82. The first kappa shape index (κ1) is 34.5. The molecule has 2 aromatic rings. The van der Waals surface area contributed by atoms with E-state index in [-0.39, 0.29) is 10.8 Å². The summed E-state index contributed by atoms with van der Waals surface area (Å²) in [4.78, 5) is 35.0. The monoisotopic (exact) mass is 622 g/mol. The summed E-state index contributed by atoms with van der Waals surface area (Å²) in [6, 6.07) is 6.00. The number of nitrogens with one attached hydrogen (secondary N) is 1. The third-order valence-corrected chi connectivity index (χ3v) is 9.81. The van der Waals surface area contributed by atoms with E-state index < -0.39 is 47.6 Å². The van der Waals surface area contributed by atoms with Gasteiger partial charge in [-0.3, -0.25) is 4.90 Å². The Balaban J connectivity index is 1.90. The van der Waals surface area contributed by atoms with Crippen molar-refractivity contribution in [3.63, 3.8) is 0 Å². The fourth-order valence-electron chi connectivity index (χ4n) is 7.48. The van der Waals surface area contributed by atoms with Crippen molar-refractivity contribution in [2.75, 3.05) is 26.1 Å². The van der Waals surface area contributed by atoms with E-state index in [1.54, 1.807) is 27.2 Å². The Morgan fingerprint density at radius 1 is 1.11 bits per heavy atom. The number of aromatic nitrogens is 1. The van der Waals surface area contributed by atoms with Crippen LogP contribution in [0.2, 0.25) is 0 Å². The van der Waals surface area contributed by atoms with Gasteiger partial charge in [-0.25, -0.2) is 14.6 Å². The Hall–Kier alpha value is -3.33.